The van der Waals surface area contributed by atoms with Gasteiger partial charge in [-0.2, -0.15) is 5.26 Å². The molecule has 1 saturated heterocycles. The molecule has 1 aliphatic rings. The van der Waals surface area contributed by atoms with Crippen LogP contribution in [0.5, 0.6) is 0 Å². The standard InChI is InChI=1S/C12H17N3S/c1-10-2-3-12(16-10)11(4-5-13)15-8-6-14-7-9-15/h2-3,11,14H,4,6-9H2,1H3/t11-/m0/s1. The van der Waals surface area contributed by atoms with Gasteiger partial charge >= 0.3 is 0 Å². The van der Waals surface area contributed by atoms with E-state index in [9.17, 15) is 0 Å². The molecule has 0 spiro atoms. The third-order valence-corrected chi connectivity index (χ3v) is 4.07. The number of piperazine rings is 1. The molecular formula is C12H17N3S. The van der Waals surface area contributed by atoms with E-state index in [4.69, 9.17) is 5.26 Å². The second-order valence-electron chi connectivity index (χ2n) is 4.11. The van der Waals surface area contributed by atoms with Crippen LogP contribution in [0.3, 0.4) is 0 Å². The van der Waals surface area contributed by atoms with Gasteiger partial charge in [0.1, 0.15) is 0 Å². The molecule has 0 amide bonds. The Hall–Kier alpha value is -0.890. The Kier molecular flexibility index (Phi) is 3.94. The minimum absolute atomic E-state index is 0.297. The molecule has 0 bridgehead atoms. The molecule has 4 heteroatoms. The zero-order valence-electron chi connectivity index (χ0n) is 9.57. The van der Waals surface area contributed by atoms with E-state index in [1.165, 1.54) is 9.75 Å². The molecule has 1 aromatic heterocycles. The quantitative estimate of drug-likeness (QED) is 0.870. The predicted octanol–water partition coefficient (Wildman–Crippen LogP) is 1.92. The van der Waals surface area contributed by atoms with Gasteiger partial charge in [0.2, 0.25) is 0 Å². The summed E-state index contributed by atoms with van der Waals surface area (Å²) in [7, 11) is 0. The summed E-state index contributed by atoms with van der Waals surface area (Å²) in [5.74, 6) is 0. The molecule has 1 aliphatic heterocycles. The number of nitriles is 1. The molecule has 3 nitrogen and oxygen atoms in total. The number of aryl methyl sites for hydroxylation is 1. The molecule has 0 saturated carbocycles. The maximum Gasteiger partial charge on any atom is 0.0642 e. The van der Waals surface area contributed by atoms with E-state index in [2.05, 4.69) is 35.3 Å². The number of nitrogens with zero attached hydrogens (tertiary/aromatic N) is 2. The molecule has 0 aliphatic carbocycles. The van der Waals surface area contributed by atoms with Crippen LogP contribution in [0.1, 0.15) is 22.2 Å². The van der Waals surface area contributed by atoms with Gasteiger partial charge in [0.05, 0.1) is 18.5 Å². The Morgan fingerprint density at radius 3 is 2.81 bits per heavy atom. The maximum absolute atomic E-state index is 8.95. The minimum atomic E-state index is 0.297. The Morgan fingerprint density at radius 1 is 1.50 bits per heavy atom. The number of hydrogen-bond donors (Lipinski definition) is 1. The van der Waals surface area contributed by atoms with Crippen LogP contribution >= 0.6 is 11.3 Å². The number of rotatable bonds is 3. The largest absolute Gasteiger partial charge is 0.314 e. The SMILES string of the molecule is Cc1ccc([C@H](CC#N)N2CCNCC2)s1. The van der Waals surface area contributed by atoms with Crippen LogP contribution < -0.4 is 5.32 Å². The van der Waals surface area contributed by atoms with Crippen molar-refractivity contribution in [2.45, 2.75) is 19.4 Å². The molecule has 0 radical (unpaired) electrons. The Labute approximate surface area is 101 Å². The monoisotopic (exact) mass is 235 g/mol. The minimum Gasteiger partial charge on any atom is -0.314 e. The fraction of sp³-hybridized carbons (Fsp3) is 0.583. The van der Waals surface area contributed by atoms with Gasteiger partial charge in [-0.05, 0) is 19.1 Å². The first-order chi connectivity index (χ1) is 7.81. The molecule has 2 heterocycles. The highest BCUT2D eigenvalue weighted by Gasteiger charge is 2.22. The highest BCUT2D eigenvalue weighted by atomic mass is 32.1. The van der Waals surface area contributed by atoms with Crippen molar-refractivity contribution in [2.75, 3.05) is 26.2 Å². The van der Waals surface area contributed by atoms with Gasteiger partial charge in [0, 0.05) is 35.9 Å². The van der Waals surface area contributed by atoms with Gasteiger partial charge < -0.3 is 5.32 Å². The number of thiophene rings is 1. The lowest BCUT2D eigenvalue weighted by atomic mass is 10.1. The molecule has 0 unspecified atom stereocenters. The van der Waals surface area contributed by atoms with Gasteiger partial charge in [-0.1, -0.05) is 0 Å². The second kappa shape index (κ2) is 5.44. The van der Waals surface area contributed by atoms with E-state index < -0.39 is 0 Å². The van der Waals surface area contributed by atoms with E-state index in [-0.39, 0.29) is 0 Å². The van der Waals surface area contributed by atoms with Crippen molar-refractivity contribution < 1.29 is 0 Å². The summed E-state index contributed by atoms with van der Waals surface area (Å²) in [5.41, 5.74) is 0. The van der Waals surface area contributed by atoms with Gasteiger partial charge in [0.25, 0.3) is 0 Å². The van der Waals surface area contributed by atoms with E-state index >= 15 is 0 Å². The summed E-state index contributed by atoms with van der Waals surface area (Å²) in [4.78, 5) is 5.08. The van der Waals surface area contributed by atoms with Gasteiger partial charge in [-0.15, -0.1) is 11.3 Å². The van der Waals surface area contributed by atoms with E-state index in [1.807, 2.05) is 11.3 Å². The van der Waals surface area contributed by atoms with E-state index in [1.54, 1.807) is 0 Å². The molecule has 1 N–H and O–H groups in total. The summed E-state index contributed by atoms with van der Waals surface area (Å²) in [6, 6.07) is 6.93. The third kappa shape index (κ3) is 2.62. The lowest BCUT2D eigenvalue weighted by Crippen LogP contribution is -2.44. The van der Waals surface area contributed by atoms with Crippen molar-refractivity contribution in [3.8, 4) is 6.07 Å². The van der Waals surface area contributed by atoms with E-state index in [0.717, 1.165) is 26.2 Å². The van der Waals surface area contributed by atoms with Gasteiger partial charge in [-0.25, -0.2) is 0 Å². The first-order valence-corrected chi connectivity index (χ1v) is 6.51. The van der Waals surface area contributed by atoms with Gasteiger partial charge in [0.15, 0.2) is 0 Å². The molecular weight excluding hydrogens is 218 g/mol. The van der Waals surface area contributed by atoms with Crippen LogP contribution in [0.15, 0.2) is 12.1 Å². The molecule has 86 valence electrons. The summed E-state index contributed by atoms with van der Waals surface area (Å²) in [6.07, 6.45) is 0.597. The smallest absolute Gasteiger partial charge is 0.0642 e. The van der Waals surface area contributed by atoms with Crippen molar-refractivity contribution in [3.63, 3.8) is 0 Å². The fourth-order valence-corrected chi connectivity index (χ4v) is 3.13. The number of nitrogens with one attached hydrogen (secondary N) is 1. The first-order valence-electron chi connectivity index (χ1n) is 5.69. The van der Waals surface area contributed by atoms with Crippen molar-refractivity contribution in [2.24, 2.45) is 0 Å². The van der Waals surface area contributed by atoms with Crippen LogP contribution in [-0.4, -0.2) is 31.1 Å². The van der Waals surface area contributed by atoms with Crippen molar-refractivity contribution in [3.05, 3.63) is 21.9 Å². The molecule has 1 atom stereocenters. The highest BCUT2D eigenvalue weighted by molar-refractivity contribution is 7.12. The average molecular weight is 235 g/mol. The topological polar surface area (TPSA) is 39.1 Å². The van der Waals surface area contributed by atoms with E-state index in [0.29, 0.717) is 12.5 Å². The van der Waals surface area contributed by atoms with Crippen molar-refractivity contribution in [1.82, 2.24) is 10.2 Å². The average Bonchev–Trinajstić information content (AvgIpc) is 2.74. The van der Waals surface area contributed by atoms with Crippen molar-refractivity contribution in [1.29, 1.82) is 5.26 Å². The van der Waals surface area contributed by atoms with Crippen LogP contribution in [-0.2, 0) is 0 Å². The lowest BCUT2D eigenvalue weighted by Gasteiger charge is -2.33. The highest BCUT2D eigenvalue weighted by Crippen LogP contribution is 2.30. The summed E-state index contributed by atoms with van der Waals surface area (Å²) in [6.45, 7) is 6.28. The van der Waals surface area contributed by atoms with Crippen LogP contribution in [0.4, 0.5) is 0 Å². The molecule has 16 heavy (non-hydrogen) atoms. The normalized spacial score (nSPS) is 19.2. The molecule has 0 aromatic carbocycles. The molecule has 1 fully saturated rings. The fourth-order valence-electron chi connectivity index (χ4n) is 2.12. The van der Waals surface area contributed by atoms with Crippen LogP contribution in [0.2, 0.25) is 0 Å². The maximum atomic E-state index is 8.95. The summed E-state index contributed by atoms with van der Waals surface area (Å²) >= 11 is 1.82. The lowest BCUT2D eigenvalue weighted by molar-refractivity contribution is 0.178. The Morgan fingerprint density at radius 2 is 2.25 bits per heavy atom. The molecule has 2 rings (SSSR count). The number of hydrogen-bond acceptors (Lipinski definition) is 4. The van der Waals surface area contributed by atoms with Crippen LogP contribution in [0.25, 0.3) is 0 Å². The Bertz CT molecular complexity index is 374. The molecule has 1 aromatic rings. The van der Waals surface area contributed by atoms with Crippen molar-refractivity contribution >= 4 is 11.3 Å². The zero-order chi connectivity index (χ0) is 11.4. The summed E-state index contributed by atoms with van der Waals surface area (Å²) < 4.78 is 0. The third-order valence-electron chi connectivity index (χ3n) is 2.97. The Balaban J connectivity index is 2.13. The zero-order valence-corrected chi connectivity index (χ0v) is 10.4. The van der Waals surface area contributed by atoms with Gasteiger partial charge in [-0.3, -0.25) is 4.90 Å². The van der Waals surface area contributed by atoms with Crippen LogP contribution in [0, 0.1) is 18.3 Å². The summed E-state index contributed by atoms with van der Waals surface area (Å²) in [5, 5.41) is 12.3. The first kappa shape index (κ1) is 11.6. The predicted molar refractivity (Wildman–Crippen MR) is 66.5 cm³/mol. The second-order valence-corrected chi connectivity index (χ2v) is 5.43.